The molecule has 0 spiro atoms. The predicted octanol–water partition coefficient (Wildman–Crippen LogP) is 2.81. The Hall–Kier alpha value is -2.76. The van der Waals surface area contributed by atoms with E-state index in [1.807, 2.05) is 19.9 Å². The average Bonchev–Trinajstić information content (AvgIpc) is 3.37. The van der Waals surface area contributed by atoms with Gasteiger partial charge in [-0.15, -0.1) is 0 Å². The van der Waals surface area contributed by atoms with Gasteiger partial charge in [0, 0.05) is 29.1 Å². The number of aromatic nitrogens is 1. The molecule has 3 rings (SSSR count). The third kappa shape index (κ3) is 3.38. The predicted molar refractivity (Wildman–Crippen MR) is 93.5 cm³/mol. The van der Waals surface area contributed by atoms with Crippen LogP contribution in [-0.4, -0.2) is 30.0 Å². The molecule has 1 aromatic carbocycles. The van der Waals surface area contributed by atoms with Gasteiger partial charge in [0.15, 0.2) is 6.61 Å². The van der Waals surface area contributed by atoms with E-state index in [0.717, 1.165) is 24.2 Å². The molecule has 0 aliphatic heterocycles. The van der Waals surface area contributed by atoms with Crippen LogP contribution >= 0.6 is 0 Å². The lowest BCUT2D eigenvalue weighted by Gasteiger charge is -2.11. The van der Waals surface area contributed by atoms with Crippen molar-refractivity contribution in [3.05, 3.63) is 46.8 Å². The van der Waals surface area contributed by atoms with Crippen molar-refractivity contribution in [2.24, 2.45) is 5.73 Å². The Balaban J connectivity index is 1.79. The first-order valence-corrected chi connectivity index (χ1v) is 8.24. The van der Waals surface area contributed by atoms with Gasteiger partial charge >= 0.3 is 0 Å². The molecule has 6 nitrogen and oxygen atoms in total. The third-order valence-electron chi connectivity index (χ3n) is 4.51. The van der Waals surface area contributed by atoms with Gasteiger partial charge in [0.1, 0.15) is 11.5 Å². The fraction of sp³-hybridized carbons (Fsp3) is 0.368. The van der Waals surface area contributed by atoms with Crippen LogP contribution in [0.3, 0.4) is 0 Å². The summed E-state index contributed by atoms with van der Waals surface area (Å²) in [6.07, 6.45) is 2.32. The van der Waals surface area contributed by atoms with E-state index < -0.39 is 5.91 Å². The first-order valence-electron chi connectivity index (χ1n) is 8.24. The molecule has 0 unspecified atom stereocenters. The molecule has 1 heterocycles. The molecule has 0 atom stereocenters. The number of rotatable bonds is 7. The van der Waals surface area contributed by atoms with Crippen LogP contribution in [0, 0.1) is 13.8 Å². The van der Waals surface area contributed by atoms with Crippen molar-refractivity contribution in [1.82, 2.24) is 4.57 Å². The van der Waals surface area contributed by atoms with Gasteiger partial charge in [-0.2, -0.15) is 0 Å². The second-order valence-electron chi connectivity index (χ2n) is 6.32. The molecule has 1 fully saturated rings. The number of hydrogen-bond donors (Lipinski definition) is 1. The zero-order valence-electron chi connectivity index (χ0n) is 14.7. The first kappa shape index (κ1) is 17.1. The van der Waals surface area contributed by atoms with Crippen LogP contribution in [0.25, 0.3) is 0 Å². The minimum Gasteiger partial charge on any atom is -0.497 e. The largest absolute Gasteiger partial charge is 0.497 e. The van der Waals surface area contributed by atoms with E-state index in [1.54, 1.807) is 12.1 Å². The van der Waals surface area contributed by atoms with Crippen LogP contribution in [0.5, 0.6) is 11.5 Å². The van der Waals surface area contributed by atoms with Crippen LogP contribution in [-0.2, 0) is 0 Å². The standard InChI is InChI=1S/C19H22N2O4/c1-11-8-16(12(2)21(11)13-4-5-13)17(22)10-25-18-9-14(24-3)6-7-15(18)19(20)23/h6-9,13H,4-5,10H2,1-3H3,(H2,20,23). The molecule has 0 bridgehead atoms. The number of benzene rings is 1. The van der Waals surface area contributed by atoms with Crippen LogP contribution in [0.4, 0.5) is 0 Å². The zero-order valence-corrected chi connectivity index (χ0v) is 14.7. The summed E-state index contributed by atoms with van der Waals surface area (Å²) in [4.78, 5) is 24.1. The Bertz CT molecular complexity index is 834. The van der Waals surface area contributed by atoms with E-state index in [4.69, 9.17) is 15.2 Å². The van der Waals surface area contributed by atoms with Gasteiger partial charge < -0.3 is 19.8 Å². The van der Waals surface area contributed by atoms with E-state index in [1.165, 1.54) is 13.2 Å². The molecular formula is C19H22N2O4. The van der Waals surface area contributed by atoms with Crippen molar-refractivity contribution in [3.8, 4) is 11.5 Å². The highest BCUT2D eigenvalue weighted by Gasteiger charge is 2.28. The van der Waals surface area contributed by atoms with Crippen LogP contribution in [0.15, 0.2) is 24.3 Å². The second-order valence-corrected chi connectivity index (χ2v) is 6.32. The van der Waals surface area contributed by atoms with Crippen molar-refractivity contribution in [1.29, 1.82) is 0 Å². The molecule has 1 amide bonds. The zero-order chi connectivity index (χ0) is 18.1. The highest BCUT2D eigenvalue weighted by molar-refractivity contribution is 5.99. The Morgan fingerprint density at radius 3 is 2.52 bits per heavy atom. The lowest BCUT2D eigenvalue weighted by Crippen LogP contribution is -2.17. The smallest absolute Gasteiger partial charge is 0.252 e. The number of carbonyl (C=O) groups is 2. The first-order chi connectivity index (χ1) is 11.9. The third-order valence-corrected chi connectivity index (χ3v) is 4.51. The minimum atomic E-state index is -0.614. The van der Waals surface area contributed by atoms with Gasteiger partial charge in [0.2, 0.25) is 5.78 Å². The molecule has 2 N–H and O–H groups in total. The molecule has 1 saturated carbocycles. The number of nitrogens with two attached hydrogens (primary N) is 1. The molecule has 2 aromatic rings. The van der Waals surface area contributed by atoms with Crippen molar-refractivity contribution in [2.75, 3.05) is 13.7 Å². The Morgan fingerprint density at radius 1 is 1.20 bits per heavy atom. The molecule has 25 heavy (non-hydrogen) atoms. The summed E-state index contributed by atoms with van der Waals surface area (Å²) in [6.45, 7) is 3.80. The molecule has 1 aliphatic carbocycles. The second kappa shape index (κ2) is 6.63. The number of Topliss-reactive ketones (excluding diaryl/α,β-unsaturated/α-hetero) is 1. The molecule has 1 aliphatic rings. The molecule has 0 saturated heterocycles. The summed E-state index contributed by atoms with van der Waals surface area (Å²) in [7, 11) is 1.51. The SMILES string of the molecule is COc1ccc(C(N)=O)c(OCC(=O)c2cc(C)n(C3CC3)c2C)c1. The molecule has 132 valence electrons. The van der Waals surface area contributed by atoms with Crippen molar-refractivity contribution < 1.29 is 19.1 Å². The highest BCUT2D eigenvalue weighted by Crippen LogP contribution is 2.38. The van der Waals surface area contributed by atoms with E-state index in [-0.39, 0.29) is 23.7 Å². The van der Waals surface area contributed by atoms with E-state index in [2.05, 4.69) is 4.57 Å². The number of ketones is 1. The number of aryl methyl sites for hydroxylation is 1. The number of nitrogens with zero attached hydrogens (tertiary/aromatic N) is 1. The van der Waals surface area contributed by atoms with Crippen LogP contribution < -0.4 is 15.2 Å². The van der Waals surface area contributed by atoms with Gasteiger partial charge in [0.25, 0.3) is 5.91 Å². The fourth-order valence-electron chi connectivity index (χ4n) is 3.13. The van der Waals surface area contributed by atoms with E-state index >= 15 is 0 Å². The molecule has 6 heteroatoms. The van der Waals surface area contributed by atoms with Gasteiger partial charge in [-0.3, -0.25) is 9.59 Å². The monoisotopic (exact) mass is 342 g/mol. The maximum Gasteiger partial charge on any atom is 0.252 e. The normalized spacial score (nSPS) is 13.6. The van der Waals surface area contributed by atoms with Gasteiger partial charge in [0.05, 0.1) is 12.7 Å². The maximum atomic E-state index is 12.6. The highest BCUT2D eigenvalue weighted by atomic mass is 16.5. The van der Waals surface area contributed by atoms with Gasteiger partial charge in [-0.05, 0) is 44.9 Å². The Labute approximate surface area is 146 Å². The lowest BCUT2D eigenvalue weighted by atomic mass is 10.1. The van der Waals surface area contributed by atoms with Crippen LogP contribution in [0.1, 0.15) is 51.0 Å². The summed E-state index contributed by atoms with van der Waals surface area (Å²) in [5.41, 5.74) is 8.30. The van der Waals surface area contributed by atoms with E-state index in [9.17, 15) is 9.59 Å². The van der Waals surface area contributed by atoms with Gasteiger partial charge in [-0.1, -0.05) is 0 Å². The average molecular weight is 342 g/mol. The summed E-state index contributed by atoms with van der Waals surface area (Å²) in [6, 6.07) is 7.13. The summed E-state index contributed by atoms with van der Waals surface area (Å²) in [5.74, 6) is 0.0332. The van der Waals surface area contributed by atoms with Gasteiger partial charge in [-0.25, -0.2) is 0 Å². The molecular weight excluding hydrogens is 320 g/mol. The number of primary amides is 1. The van der Waals surface area contributed by atoms with Crippen molar-refractivity contribution >= 4 is 11.7 Å². The number of methoxy groups -OCH3 is 1. The summed E-state index contributed by atoms with van der Waals surface area (Å²) < 4.78 is 12.9. The van der Waals surface area contributed by atoms with Crippen LogP contribution in [0.2, 0.25) is 0 Å². The van der Waals surface area contributed by atoms with Crippen molar-refractivity contribution in [2.45, 2.75) is 32.7 Å². The quantitative estimate of drug-likeness (QED) is 0.784. The maximum absolute atomic E-state index is 12.6. The summed E-state index contributed by atoms with van der Waals surface area (Å²) >= 11 is 0. The minimum absolute atomic E-state index is 0.127. The Kier molecular flexibility index (Phi) is 4.53. The topological polar surface area (TPSA) is 83.6 Å². The fourth-order valence-corrected chi connectivity index (χ4v) is 3.13. The molecule has 0 radical (unpaired) electrons. The van der Waals surface area contributed by atoms with E-state index in [0.29, 0.717) is 17.4 Å². The number of carbonyl (C=O) groups excluding carboxylic acids is 2. The lowest BCUT2D eigenvalue weighted by molar-refractivity contribution is 0.0911. The molecule has 1 aromatic heterocycles. The Morgan fingerprint density at radius 2 is 1.92 bits per heavy atom. The summed E-state index contributed by atoms with van der Waals surface area (Å²) in [5, 5.41) is 0. The number of ether oxygens (including phenoxy) is 2. The number of hydrogen-bond acceptors (Lipinski definition) is 4. The number of amides is 1. The van der Waals surface area contributed by atoms with Crippen molar-refractivity contribution in [3.63, 3.8) is 0 Å².